The van der Waals surface area contributed by atoms with Crippen molar-refractivity contribution in [2.75, 3.05) is 28.4 Å². The summed E-state index contributed by atoms with van der Waals surface area (Å²) in [6, 6.07) is 19.6. The van der Waals surface area contributed by atoms with Crippen LogP contribution in [0.1, 0.15) is 34.7 Å². The maximum Gasteiger partial charge on any atom is 0.271 e. The Morgan fingerprint density at radius 2 is 1.54 bits per heavy atom. The van der Waals surface area contributed by atoms with Crippen LogP contribution in [0, 0.1) is 0 Å². The fourth-order valence-corrected chi connectivity index (χ4v) is 6.44. The zero-order valence-electron chi connectivity index (χ0n) is 22.2. The molecule has 7 nitrogen and oxygen atoms in total. The molecule has 0 N–H and O–H groups in total. The Balaban J connectivity index is 1.59. The van der Waals surface area contributed by atoms with Crippen molar-refractivity contribution >= 4 is 23.1 Å². The summed E-state index contributed by atoms with van der Waals surface area (Å²) in [4.78, 5) is 19.8. The maximum atomic E-state index is 14.0. The third-order valence-corrected chi connectivity index (χ3v) is 8.28. The van der Waals surface area contributed by atoms with Gasteiger partial charge in [-0.15, -0.1) is 0 Å². The quantitative estimate of drug-likeness (QED) is 0.364. The second-order valence-electron chi connectivity index (χ2n) is 9.34. The molecule has 198 valence electrons. The minimum atomic E-state index is -0.308. The first kappa shape index (κ1) is 25.0. The summed E-state index contributed by atoms with van der Waals surface area (Å²) in [6.07, 6.45) is 3.59. The Kier molecular flexibility index (Phi) is 6.48. The lowest BCUT2D eigenvalue weighted by atomic mass is 9.83. The van der Waals surface area contributed by atoms with Gasteiger partial charge in [0.1, 0.15) is 0 Å². The molecule has 0 saturated heterocycles. The number of aryl methyl sites for hydroxylation is 1. The van der Waals surface area contributed by atoms with Crippen LogP contribution in [0.5, 0.6) is 23.0 Å². The van der Waals surface area contributed by atoms with Crippen LogP contribution >= 0.6 is 11.3 Å². The standard InChI is InChI=1S/C31H28N2O5S/c1-35-23-13-9-18(15-25(23)37-3)16-27-30(34)33-29(20-11-14-24(36-2)26(17-20)38-4)22-12-10-19-7-5-6-8-21(19)28(22)32-31(33)39-27/h5-9,11,13-17,29H,10,12H2,1-4H3/b27-16-/t29-/m0/s1. The van der Waals surface area contributed by atoms with E-state index in [4.69, 9.17) is 23.9 Å². The van der Waals surface area contributed by atoms with Crippen molar-refractivity contribution in [1.82, 2.24) is 4.57 Å². The minimum absolute atomic E-state index is 0.0845. The SMILES string of the molecule is COc1ccc(/C=c2\sc3n(c2=O)[C@@H](c2ccc(OC)c(OC)c2)C2=C(N=3)c3ccccc3CC2)cc1OC. The molecule has 2 heterocycles. The van der Waals surface area contributed by atoms with Crippen molar-refractivity contribution in [3.8, 4) is 23.0 Å². The van der Waals surface area contributed by atoms with Gasteiger partial charge < -0.3 is 18.9 Å². The van der Waals surface area contributed by atoms with Crippen LogP contribution in [0.3, 0.4) is 0 Å². The number of nitrogens with zero attached hydrogens (tertiary/aromatic N) is 2. The van der Waals surface area contributed by atoms with Gasteiger partial charge in [-0.2, -0.15) is 0 Å². The van der Waals surface area contributed by atoms with Crippen LogP contribution in [0.2, 0.25) is 0 Å². The Morgan fingerprint density at radius 1 is 0.846 bits per heavy atom. The van der Waals surface area contributed by atoms with E-state index in [-0.39, 0.29) is 11.6 Å². The molecule has 0 saturated carbocycles. The molecule has 8 heteroatoms. The van der Waals surface area contributed by atoms with Gasteiger partial charge >= 0.3 is 0 Å². The van der Waals surface area contributed by atoms with Gasteiger partial charge in [-0.25, -0.2) is 4.99 Å². The van der Waals surface area contributed by atoms with Gasteiger partial charge in [0, 0.05) is 5.56 Å². The normalized spacial score (nSPS) is 16.1. The predicted octanol–water partition coefficient (Wildman–Crippen LogP) is 4.35. The number of fused-ring (bicyclic) bond motifs is 3. The van der Waals surface area contributed by atoms with E-state index in [1.165, 1.54) is 16.9 Å². The lowest BCUT2D eigenvalue weighted by Gasteiger charge is -2.31. The van der Waals surface area contributed by atoms with E-state index in [9.17, 15) is 4.79 Å². The van der Waals surface area contributed by atoms with Gasteiger partial charge in [-0.3, -0.25) is 9.36 Å². The summed E-state index contributed by atoms with van der Waals surface area (Å²) in [6.45, 7) is 0. The predicted molar refractivity (Wildman–Crippen MR) is 152 cm³/mol. The third kappa shape index (κ3) is 4.21. The molecular formula is C31H28N2O5S. The molecule has 6 rings (SSSR count). The van der Waals surface area contributed by atoms with E-state index < -0.39 is 0 Å². The van der Waals surface area contributed by atoms with Crippen LogP contribution in [-0.2, 0) is 6.42 Å². The number of hydrogen-bond acceptors (Lipinski definition) is 7. The highest BCUT2D eigenvalue weighted by atomic mass is 32.1. The number of thiazole rings is 1. The van der Waals surface area contributed by atoms with E-state index in [1.807, 2.05) is 53.1 Å². The summed E-state index contributed by atoms with van der Waals surface area (Å²) < 4.78 is 24.4. The number of ether oxygens (including phenoxy) is 4. The molecule has 0 spiro atoms. The Bertz CT molecular complexity index is 1800. The van der Waals surface area contributed by atoms with Crippen LogP contribution in [0.15, 0.2) is 76.0 Å². The average molecular weight is 541 g/mol. The lowest BCUT2D eigenvalue weighted by Crippen LogP contribution is -2.38. The molecule has 1 aromatic heterocycles. The van der Waals surface area contributed by atoms with E-state index >= 15 is 0 Å². The minimum Gasteiger partial charge on any atom is -0.493 e. The van der Waals surface area contributed by atoms with E-state index in [1.54, 1.807) is 28.4 Å². The van der Waals surface area contributed by atoms with Gasteiger partial charge in [0.25, 0.3) is 5.56 Å². The van der Waals surface area contributed by atoms with Crippen LogP contribution in [-0.4, -0.2) is 33.0 Å². The van der Waals surface area contributed by atoms with Gasteiger partial charge in [0.05, 0.1) is 44.7 Å². The number of benzene rings is 3. The van der Waals surface area contributed by atoms with Gasteiger partial charge in [-0.1, -0.05) is 47.7 Å². The number of allylic oxidation sites excluding steroid dienone is 1. The molecule has 3 aromatic carbocycles. The fraction of sp³-hybridized carbons (Fsp3) is 0.226. The van der Waals surface area contributed by atoms with E-state index in [2.05, 4.69) is 18.2 Å². The Labute approximate surface area is 229 Å². The second-order valence-corrected chi connectivity index (χ2v) is 10.4. The maximum absolute atomic E-state index is 14.0. The van der Waals surface area contributed by atoms with E-state index in [0.29, 0.717) is 32.3 Å². The Hall–Kier alpha value is -4.30. The largest absolute Gasteiger partial charge is 0.493 e. The molecule has 0 radical (unpaired) electrons. The smallest absolute Gasteiger partial charge is 0.271 e. The molecule has 2 aliphatic rings. The Morgan fingerprint density at radius 3 is 2.28 bits per heavy atom. The molecule has 0 unspecified atom stereocenters. The number of aromatic nitrogens is 1. The van der Waals surface area contributed by atoms with Crippen molar-refractivity contribution in [3.63, 3.8) is 0 Å². The van der Waals surface area contributed by atoms with Crippen molar-refractivity contribution in [3.05, 3.63) is 108 Å². The van der Waals surface area contributed by atoms with Crippen LogP contribution < -0.4 is 33.8 Å². The summed E-state index contributed by atoms with van der Waals surface area (Å²) in [7, 11) is 6.44. The highest BCUT2D eigenvalue weighted by Gasteiger charge is 2.33. The van der Waals surface area contributed by atoms with Crippen molar-refractivity contribution in [2.45, 2.75) is 18.9 Å². The molecule has 0 fully saturated rings. The fourth-order valence-electron chi connectivity index (χ4n) is 5.44. The second kappa shape index (κ2) is 10.1. The number of rotatable bonds is 6. The topological polar surface area (TPSA) is 71.3 Å². The zero-order valence-corrected chi connectivity index (χ0v) is 23.0. The first-order valence-electron chi connectivity index (χ1n) is 12.6. The third-order valence-electron chi connectivity index (χ3n) is 7.30. The zero-order chi connectivity index (χ0) is 27.1. The van der Waals surface area contributed by atoms with E-state index in [0.717, 1.165) is 40.8 Å². The monoisotopic (exact) mass is 540 g/mol. The molecule has 1 atom stereocenters. The van der Waals surface area contributed by atoms with Crippen molar-refractivity contribution in [2.24, 2.45) is 4.99 Å². The highest BCUT2D eigenvalue weighted by molar-refractivity contribution is 7.07. The summed E-state index contributed by atoms with van der Waals surface area (Å²) in [5.41, 5.74) is 6.19. The number of methoxy groups -OCH3 is 4. The van der Waals surface area contributed by atoms with Gasteiger partial charge in [0.2, 0.25) is 0 Å². The van der Waals surface area contributed by atoms with Crippen LogP contribution in [0.4, 0.5) is 0 Å². The molecule has 0 bridgehead atoms. The summed E-state index contributed by atoms with van der Waals surface area (Å²) >= 11 is 1.39. The van der Waals surface area contributed by atoms with Crippen molar-refractivity contribution in [1.29, 1.82) is 0 Å². The molecule has 1 aliphatic carbocycles. The van der Waals surface area contributed by atoms with Crippen LogP contribution in [0.25, 0.3) is 11.8 Å². The summed E-state index contributed by atoms with van der Waals surface area (Å²) in [5, 5.41) is 0. The average Bonchev–Trinajstić information content (AvgIpc) is 3.29. The van der Waals surface area contributed by atoms with Gasteiger partial charge in [-0.05, 0) is 65.4 Å². The molecule has 39 heavy (non-hydrogen) atoms. The molecule has 1 aliphatic heterocycles. The molecular weight excluding hydrogens is 512 g/mol. The van der Waals surface area contributed by atoms with Crippen molar-refractivity contribution < 1.29 is 18.9 Å². The lowest BCUT2D eigenvalue weighted by molar-refractivity contribution is 0.354. The molecule has 0 amide bonds. The van der Waals surface area contributed by atoms with Gasteiger partial charge in [0.15, 0.2) is 27.8 Å². The number of hydrogen-bond donors (Lipinski definition) is 0. The molecule has 4 aromatic rings. The first-order valence-corrected chi connectivity index (χ1v) is 13.4. The summed E-state index contributed by atoms with van der Waals surface area (Å²) in [5.74, 6) is 2.51. The first-order chi connectivity index (χ1) is 19.1. The highest BCUT2D eigenvalue weighted by Crippen LogP contribution is 2.42.